The molecule has 0 bridgehead atoms. The monoisotopic (exact) mass is 487 g/mol. The Kier molecular flexibility index (Phi) is 9.04. The highest BCUT2D eigenvalue weighted by molar-refractivity contribution is 7.09. The maximum absolute atomic E-state index is 13.0. The molecule has 4 rings (SSSR count). The van der Waals surface area contributed by atoms with Crippen LogP contribution in [0.5, 0.6) is 0 Å². The lowest BCUT2D eigenvalue weighted by molar-refractivity contribution is -0.137. The van der Waals surface area contributed by atoms with E-state index in [1.54, 1.807) is 18.4 Å². The van der Waals surface area contributed by atoms with Gasteiger partial charge in [-0.1, -0.05) is 24.3 Å². The molecule has 1 aromatic heterocycles. The van der Waals surface area contributed by atoms with Gasteiger partial charge in [0.1, 0.15) is 12.3 Å². The van der Waals surface area contributed by atoms with Gasteiger partial charge in [0, 0.05) is 44.6 Å². The quantitative estimate of drug-likeness (QED) is 0.480. The third-order valence-electron chi connectivity index (χ3n) is 6.39. The van der Waals surface area contributed by atoms with Crippen molar-refractivity contribution in [1.82, 2.24) is 14.8 Å². The molecule has 184 valence electrons. The summed E-state index contributed by atoms with van der Waals surface area (Å²) in [6, 6.07) is 8.31. The van der Waals surface area contributed by atoms with Crippen LogP contribution in [0.4, 0.5) is 0 Å². The Morgan fingerprint density at radius 3 is 2.53 bits per heavy atom. The number of thiazole rings is 1. The number of hydrogen-bond donors (Lipinski definition) is 0. The average molecular weight is 488 g/mol. The predicted octanol–water partition coefficient (Wildman–Crippen LogP) is 2.73. The fourth-order valence-corrected chi connectivity index (χ4v) is 5.36. The van der Waals surface area contributed by atoms with Gasteiger partial charge in [0.25, 0.3) is 5.91 Å². The molecule has 8 nitrogen and oxygen atoms in total. The van der Waals surface area contributed by atoms with Crippen molar-refractivity contribution in [2.75, 3.05) is 59.8 Å². The Balaban J connectivity index is 1.20. The van der Waals surface area contributed by atoms with Crippen LogP contribution >= 0.6 is 11.3 Å². The number of carbonyl (C=O) groups is 2. The van der Waals surface area contributed by atoms with E-state index in [9.17, 15) is 9.59 Å². The second kappa shape index (κ2) is 12.4. The summed E-state index contributed by atoms with van der Waals surface area (Å²) in [6.45, 7) is 4.73. The van der Waals surface area contributed by atoms with E-state index in [0.29, 0.717) is 51.8 Å². The highest BCUT2D eigenvalue weighted by atomic mass is 32.1. The maximum Gasteiger partial charge on any atom is 0.273 e. The lowest BCUT2D eigenvalue weighted by Crippen LogP contribution is -2.40. The standard InChI is InChI=1S/C25H33N3O5S/c1-31-12-13-32-14-15-33-17-23(29)27-9-7-20(8-10-27)24-26-22(18-34-24)25(30)28-11-6-19-4-2-3-5-21(19)16-28/h2-5,18,20H,6-17H2,1H3. The van der Waals surface area contributed by atoms with Crippen LogP contribution in [0.2, 0.25) is 0 Å². The van der Waals surface area contributed by atoms with Gasteiger partial charge in [0.05, 0.1) is 31.4 Å². The molecule has 0 spiro atoms. The lowest BCUT2D eigenvalue weighted by Gasteiger charge is -2.31. The van der Waals surface area contributed by atoms with Crippen molar-refractivity contribution in [1.29, 1.82) is 0 Å². The number of hydrogen-bond acceptors (Lipinski definition) is 7. The molecular formula is C25H33N3O5S. The molecule has 0 unspecified atom stereocenters. The minimum Gasteiger partial charge on any atom is -0.382 e. The van der Waals surface area contributed by atoms with Gasteiger partial charge in [-0.05, 0) is 30.4 Å². The van der Waals surface area contributed by atoms with Crippen LogP contribution < -0.4 is 0 Å². The SMILES string of the molecule is COCCOCCOCC(=O)N1CCC(c2nc(C(=O)N3CCc4ccccc4C3)cs2)CC1. The summed E-state index contributed by atoms with van der Waals surface area (Å²) >= 11 is 1.56. The molecule has 34 heavy (non-hydrogen) atoms. The van der Waals surface area contributed by atoms with Crippen LogP contribution in [-0.2, 0) is 32.0 Å². The molecule has 9 heteroatoms. The summed E-state index contributed by atoms with van der Waals surface area (Å²) < 4.78 is 15.7. The second-order valence-electron chi connectivity index (χ2n) is 8.63. The Morgan fingerprint density at radius 2 is 1.74 bits per heavy atom. The molecule has 0 N–H and O–H groups in total. The molecular weight excluding hydrogens is 454 g/mol. The minimum absolute atomic E-state index is 0.00738. The summed E-state index contributed by atoms with van der Waals surface area (Å²) in [5, 5.41) is 2.88. The van der Waals surface area contributed by atoms with E-state index < -0.39 is 0 Å². The summed E-state index contributed by atoms with van der Waals surface area (Å²) in [5.41, 5.74) is 3.09. The van der Waals surface area contributed by atoms with Crippen LogP contribution in [0.25, 0.3) is 0 Å². The number of ether oxygens (including phenoxy) is 3. The number of likely N-dealkylation sites (tertiary alicyclic amines) is 1. The van der Waals surface area contributed by atoms with Crippen LogP contribution in [0.15, 0.2) is 29.6 Å². The van der Waals surface area contributed by atoms with Crippen molar-refractivity contribution in [3.63, 3.8) is 0 Å². The number of aromatic nitrogens is 1. The Morgan fingerprint density at radius 1 is 1.00 bits per heavy atom. The molecule has 2 aliphatic heterocycles. The van der Waals surface area contributed by atoms with Gasteiger partial charge in [-0.25, -0.2) is 4.98 Å². The van der Waals surface area contributed by atoms with Crippen LogP contribution in [0.1, 0.15) is 45.4 Å². The maximum atomic E-state index is 13.0. The topological polar surface area (TPSA) is 81.2 Å². The highest BCUT2D eigenvalue weighted by Gasteiger charge is 2.28. The van der Waals surface area contributed by atoms with E-state index in [0.717, 1.165) is 30.8 Å². The molecule has 1 saturated heterocycles. The van der Waals surface area contributed by atoms with E-state index in [-0.39, 0.29) is 24.3 Å². The molecule has 2 aromatic rings. The van der Waals surface area contributed by atoms with Crippen molar-refractivity contribution in [3.05, 3.63) is 51.5 Å². The molecule has 0 aliphatic carbocycles. The first-order valence-corrected chi connectivity index (χ1v) is 12.8. The Labute approximate surface area is 204 Å². The summed E-state index contributed by atoms with van der Waals surface area (Å²) in [4.78, 5) is 33.9. The van der Waals surface area contributed by atoms with E-state index in [4.69, 9.17) is 19.2 Å². The van der Waals surface area contributed by atoms with Crippen molar-refractivity contribution in [3.8, 4) is 0 Å². The van der Waals surface area contributed by atoms with Gasteiger partial charge in [-0.15, -0.1) is 11.3 Å². The zero-order chi connectivity index (χ0) is 23.8. The minimum atomic E-state index is 0.00738. The number of piperidine rings is 1. The highest BCUT2D eigenvalue weighted by Crippen LogP contribution is 2.31. The number of carbonyl (C=O) groups excluding carboxylic acids is 2. The molecule has 0 saturated carbocycles. The number of nitrogens with zero attached hydrogens (tertiary/aromatic N) is 3. The van der Waals surface area contributed by atoms with Gasteiger partial charge < -0.3 is 24.0 Å². The molecule has 2 aliphatic rings. The predicted molar refractivity (Wildman–Crippen MR) is 129 cm³/mol. The van der Waals surface area contributed by atoms with E-state index >= 15 is 0 Å². The van der Waals surface area contributed by atoms with Gasteiger partial charge in [0.15, 0.2) is 0 Å². The second-order valence-corrected chi connectivity index (χ2v) is 9.52. The first-order valence-electron chi connectivity index (χ1n) is 11.9. The summed E-state index contributed by atoms with van der Waals surface area (Å²) in [6.07, 6.45) is 2.59. The van der Waals surface area contributed by atoms with Crippen LogP contribution in [0.3, 0.4) is 0 Å². The number of fused-ring (bicyclic) bond motifs is 1. The van der Waals surface area contributed by atoms with Gasteiger partial charge in [-0.3, -0.25) is 9.59 Å². The largest absolute Gasteiger partial charge is 0.382 e. The number of methoxy groups -OCH3 is 1. The van der Waals surface area contributed by atoms with Crippen molar-refractivity contribution < 1.29 is 23.8 Å². The summed E-state index contributed by atoms with van der Waals surface area (Å²) in [5.74, 6) is 0.302. The zero-order valence-corrected chi connectivity index (χ0v) is 20.6. The first-order chi connectivity index (χ1) is 16.7. The summed E-state index contributed by atoms with van der Waals surface area (Å²) in [7, 11) is 1.63. The van der Waals surface area contributed by atoms with Gasteiger partial charge in [0.2, 0.25) is 5.91 Å². The smallest absolute Gasteiger partial charge is 0.273 e. The fourth-order valence-electron chi connectivity index (χ4n) is 4.39. The number of rotatable bonds is 10. The molecule has 3 heterocycles. The number of benzene rings is 1. The normalized spacial score (nSPS) is 16.5. The molecule has 0 radical (unpaired) electrons. The zero-order valence-electron chi connectivity index (χ0n) is 19.7. The molecule has 1 aromatic carbocycles. The van der Waals surface area contributed by atoms with Crippen molar-refractivity contribution >= 4 is 23.2 Å². The Bertz CT molecular complexity index is 958. The molecule has 1 fully saturated rings. The van der Waals surface area contributed by atoms with Gasteiger partial charge >= 0.3 is 0 Å². The fraction of sp³-hybridized carbons (Fsp3) is 0.560. The number of amides is 2. The van der Waals surface area contributed by atoms with Crippen molar-refractivity contribution in [2.24, 2.45) is 0 Å². The van der Waals surface area contributed by atoms with E-state index in [1.807, 2.05) is 21.2 Å². The lowest BCUT2D eigenvalue weighted by atomic mass is 9.97. The third-order valence-corrected chi connectivity index (χ3v) is 7.39. The van der Waals surface area contributed by atoms with Crippen LogP contribution in [-0.4, -0.2) is 86.4 Å². The van der Waals surface area contributed by atoms with E-state index in [1.165, 1.54) is 11.1 Å². The first kappa shape index (κ1) is 24.8. The molecule has 0 atom stereocenters. The van der Waals surface area contributed by atoms with Crippen molar-refractivity contribution in [2.45, 2.75) is 31.7 Å². The molecule has 2 amide bonds. The van der Waals surface area contributed by atoms with Gasteiger partial charge in [-0.2, -0.15) is 0 Å². The van der Waals surface area contributed by atoms with E-state index in [2.05, 4.69) is 18.2 Å². The van der Waals surface area contributed by atoms with Crippen LogP contribution in [0, 0.1) is 0 Å². The third kappa shape index (κ3) is 6.41. The Hall–Kier alpha value is -2.33. The average Bonchev–Trinajstić information content (AvgIpc) is 3.38.